The largest absolute Gasteiger partial charge is 0.416 e. The summed E-state index contributed by atoms with van der Waals surface area (Å²) < 4.78 is 39.3. The Morgan fingerprint density at radius 1 is 1.00 bits per heavy atom. The molecule has 21 heavy (non-hydrogen) atoms. The first-order chi connectivity index (χ1) is 9.75. The average Bonchev–Trinajstić information content (AvgIpc) is 2.41. The fourth-order valence-electron chi connectivity index (χ4n) is 2.00. The predicted octanol–water partition coefficient (Wildman–Crippen LogP) is 7.23. The van der Waals surface area contributed by atoms with E-state index in [1.165, 1.54) is 18.2 Å². The molecule has 0 nitrogen and oxygen atoms in total. The van der Waals surface area contributed by atoms with Gasteiger partial charge in [-0.1, -0.05) is 62.9 Å². The van der Waals surface area contributed by atoms with Crippen LogP contribution in [0.25, 0.3) is 11.1 Å². The van der Waals surface area contributed by atoms with Crippen LogP contribution in [0.15, 0.2) is 30.3 Å². The predicted molar refractivity (Wildman–Crippen MR) is 84.5 cm³/mol. The van der Waals surface area contributed by atoms with Gasteiger partial charge in [-0.05, 0) is 29.3 Å². The zero-order chi connectivity index (χ0) is 15.8. The molecule has 2 aromatic rings. The topological polar surface area (TPSA) is 0 Å². The van der Waals surface area contributed by atoms with Crippen LogP contribution >= 0.6 is 50.7 Å². The third kappa shape index (κ3) is 3.50. The van der Waals surface area contributed by atoms with Gasteiger partial charge in [0.2, 0.25) is 0 Å². The van der Waals surface area contributed by atoms with E-state index < -0.39 is 11.7 Å². The van der Waals surface area contributed by atoms with Crippen molar-refractivity contribution >= 4 is 50.7 Å². The normalized spacial score (nSPS) is 11.8. The summed E-state index contributed by atoms with van der Waals surface area (Å²) in [5, 5.41) is 0.690. The van der Waals surface area contributed by atoms with Crippen molar-refractivity contribution in [3.8, 4) is 11.1 Å². The van der Waals surface area contributed by atoms with Gasteiger partial charge in [0.15, 0.2) is 0 Å². The van der Waals surface area contributed by atoms with Gasteiger partial charge in [-0.2, -0.15) is 13.2 Å². The lowest BCUT2D eigenvalue weighted by atomic mass is 9.96. The summed E-state index contributed by atoms with van der Waals surface area (Å²) in [5.74, 6) is 0. The van der Waals surface area contributed by atoms with E-state index in [1.54, 1.807) is 6.07 Å². The lowest BCUT2D eigenvalue weighted by molar-refractivity contribution is -0.138. The molecule has 0 atom stereocenters. The summed E-state index contributed by atoms with van der Waals surface area (Å²) in [5.41, 5.74) is 0.0834. The zero-order valence-electron chi connectivity index (χ0n) is 10.2. The van der Waals surface area contributed by atoms with Gasteiger partial charge in [0.05, 0.1) is 15.6 Å². The van der Waals surface area contributed by atoms with Gasteiger partial charge in [0.25, 0.3) is 0 Å². The Labute approximate surface area is 142 Å². The maximum Gasteiger partial charge on any atom is 0.416 e. The average molecular weight is 418 g/mol. The molecule has 0 bridgehead atoms. The molecule has 0 aromatic heterocycles. The summed E-state index contributed by atoms with van der Waals surface area (Å²) in [6.45, 7) is 0. The van der Waals surface area contributed by atoms with Crippen molar-refractivity contribution in [1.29, 1.82) is 0 Å². The molecule has 0 amide bonds. The molecule has 0 spiro atoms. The van der Waals surface area contributed by atoms with Crippen molar-refractivity contribution < 1.29 is 13.2 Å². The van der Waals surface area contributed by atoms with Crippen molar-refractivity contribution in [1.82, 2.24) is 0 Å². The van der Waals surface area contributed by atoms with E-state index in [0.717, 1.165) is 6.07 Å². The quantitative estimate of drug-likeness (QED) is 0.357. The lowest BCUT2D eigenvalue weighted by Gasteiger charge is -2.17. The third-order valence-electron chi connectivity index (χ3n) is 2.90. The highest BCUT2D eigenvalue weighted by molar-refractivity contribution is 9.08. The Morgan fingerprint density at radius 2 is 1.67 bits per heavy atom. The highest BCUT2D eigenvalue weighted by atomic mass is 79.9. The van der Waals surface area contributed by atoms with Gasteiger partial charge in [-0.25, -0.2) is 0 Å². The molecule has 0 N–H and O–H groups in total. The lowest BCUT2D eigenvalue weighted by Crippen LogP contribution is -2.09. The van der Waals surface area contributed by atoms with E-state index in [2.05, 4.69) is 15.9 Å². The minimum absolute atomic E-state index is 0.0263. The summed E-state index contributed by atoms with van der Waals surface area (Å²) in [6.07, 6.45) is -4.45. The van der Waals surface area contributed by atoms with E-state index in [4.69, 9.17) is 34.8 Å². The van der Waals surface area contributed by atoms with Crippen LogP contribution in [-0.4, -0.2) is 0 Å². The Hall–Kier alpha value is -0.420. The minimum Gasteiger partial charge on any atom is -0.166 e. The smallest absolute Gasteiger partial charge is 0.166 e. The molecule has 0 saturated carbocycles. The van der Waals surface area contributed by atoms with Crippen LogP contribution in [0.5, 0.6) is 0 Å². The highest BCUT2D eigenvalue weighted by Gasteiger charge is 2.34. The molecule has 0 unspecified atom stereocenters. The molecule has 0 aliphatic heterocycles. The Balaban J connectivity index is 2.77. The first kappa shape index (κ1) is 16.9. The van der Waals surface area contributed by atoms with Gasteiger partial charge in [0.1, 0.15) is 0 Å². The second kappa shape index (κ2) is 6.37. The van der Waals surface area contributed by atoms with Crippen LogP contribution in [0, 0.1) is 0 Å². The van der Waals surface area contributed by atoms with E-state index >= 15 is 0 Å². The van der Waals surface area contributed by atoms with E-state index in [0.29, 0.717) is 16.1 Å². The van der Waals surface area contributed by atoms with Gasteiger partial charge < -0.3 is 0 Å². The molecule has 2 aromatic carbocycles. The number of benzene rings is 2. The van der Waals surface area contributed by atoms with Gasteiger partial charge >= 0.3 is 6.18 Å². The van der Waals surface area contributed by atoms with Crippen molar-refractivity contribution in [2.75, 3.05) is 0 Å². The first-order valence-corrected chi connectivity index (χ1v) is 7.91. The van der Waals surface area contributed by atoms with Gasteiger partial charge in [0, 0.05) is 15.9 Å². The first-order valence-electron chi connectivity index (χ1n) is 5.65. The molecule has 0 fully saturated rings. The third-order valence-corrected chi connectivity index (χ3v) is 4.48. The number of rotatable bonds is 2. The number of hydrogen-bond acceptors (Lipinski definition) is 0. The van der Waals surface area contributed by atoms with E-state index in [-0.39, 0.29) is 20.9 Å². The van der Waals surface area contributed by atoms with Crippen molar-refractivity contribution in [3.63, 3.8) is 0 Å². The van der Waals surface area contributed by atoms with Crippen LogP contribution in [-0.2, 0) is 11.5 Å². The summed E-state index contributed by atoms with van der Waals surface area (Å²) in [4.78, 5) is 0. The summed E-state index contributed by atoms with van der Waals surface area (Å²) >= 11 is 21.1. The molecule has 0 aliphatic carbocycles. The fourth-order valence-corrected chi connectivity index (χ4v) is 3.31. The van der Waals surface area contributed by atoms with Gasteiger partial charge in [-0.3, -0.25) is 0 Å². The molecule has 112 valence electrons. The Bertz CT molecular complexity index is 684. The Kier molecular flexibility index (Phi) is 5.14. The van der Waals surface area contributed by atoms with Crippen molar-refractivity contribution in [3.05, 3.63) is 56.5 Å². The van der Waals surface area contributed by atoms with E-state index in [9.17, 15) is 13.2 Å². The van der Waals surface area contributed by atoms with Crippen LogP contribution in [0.4, 0.5) is 13.2 Å². The SMILES string of the molecule is FC(F)(F)c1cccc(-c2cc(Cl)cc(Cl)c2Cl)c1CBr. The summed E-state index contributed by atoms with van der Waals surface area (Å²) in [7, 11) is 0. The standard InChI is InChI=1S/C14H7BrCl3F3/c15-6-10-8(2-1-3-11(10)14(19,20)21)9-4-7(16)5-12(17)13(9)18/h1-5H,6H2. The van der Waals surface area contributed by atoms with Crippen molar-refractivity contribution in [2.45, 2.75) is 11.5 Å². The second-order valence-electron chi connectivity index (χ2n) is 4.21. The minimum atomic E-state index is -4.45. The maximum absolute atomic E-state index is 13.1. The highest BCUT2D eigenvalue weighted by Crippen LogP contribution is 2.42. The molecule has 7 heteroatoms. The van der Waals surface area contributed by atoms with Crippen LogP contribution in [0.2, 0.25) is 15.1 Å². The number of hydrogen-bond donors (Lipinski definition) is 0. The fraction of sp³-hybridized carbons (Fsp3) is 0.143. The van der Waals surface area contributed by atoms with E-state index in [1.807, 2.05) is 0 Å². The second-order valence-corrected chi connectivity index (χ2v) is 5.99. The molecule has 2 rings (SSSR count). The van der Waals surface area contributed by atoms with Crippen LogP contribution < -0.4 is 0 Å². The Morgan fingerprint density at radius 3 is 2.24 bits per heavy atom. The molecule has 0 aliphatic rings. The number of alkyl halides is 4. The molecule has 0 heterocycles. The van der Waals surface area contributed by atoms with Crippen LogP contribution in [0.1, 0.15) is 11.1 Å². The number of halogens is 7. The monoisotopic (exact) mass is 416 g/mol. The molecule has 0 radical (unpaired) electrons. The maximum atomic E-state index is 13.1. The molecule has 0 saturated heterocycles. The van der Waals surface area contributed by atoms with Crippen LogP contribution in [0.3, 0.4) is 0 Å². The summed E-state index contributed by atoms with van der Waals surface area (Å²) in [6, 6.07) is 6.85. The molecular formula is C14H7BrCl3F3. The zero-order valence-corrected chi connectivity index (χ0v) is 14.1. The van der Waals surface area contributed by atoms with Gasteiger partial charge in [-0.15, -0.1) is 0 Å². The van der Waals surface area contributed by atoms with Crippen molar-refractivity contribution in [2.24, 2.45) is 0 Å². The molecular weight excluding hydrogens is 411 g/mol.